The van der Waals surface area contributed by atoms with Crippen molar-refractivity contribution in [3.8, 4) is 0 Å². The third-order valence-electron chi connectivity index (χ3n) is 5.70. The Bertz CT molecular complexity index is 1110. The zero-order chi connectivity index (χ0) is 22.5. The maximum atomic E-state index is 13.4. The highest BCUT2D eigenvalue weighted by molar-refractivity contribution is 6.01. The molecule has 4 rings (SSSR count). The van der Waals surface area contributed by atoms with Crippen LogP contribution in [0.5, 0.6) is 0 Å². The summed E-state index contributed by atoms with van der Waals surface area (Å²) in [6, 6.07) is 24.0. The van der Waals surface area contributed by atoms with Crippen LogP contribution < -0.4 is 5.32 Å². The quantitative estimate of drug-likeness (QED) is 0.577. The summed E-state index contributed by atoms with van der Waals surface area (Å²) in [6.07, 6.45) is 0.457. The normalized spacial score (nSPS) is 14.5. The number of carboxylic acid groups (broad SMARTS) is 1. The molecule has 1 aliphatic rings. The molecule has 0 unspecified atom stereocenters. The van der Waals surface area contributed by atoms with Crippen LogP contribution in [0.25, 0.3) is 0 Å². The minimum atomic E-state index is -1.11. The Morgan fingerprint density at radius 3 is 2.00 bits per heavy atom. The number of carbonyl (C=O) groups is 3. The summed E-state index contributed by atoms with van der Waals surface area (Å²) in [6.45, 7) is 0.316. The van der Waals surface area contributed by atoms with Gasteiger partial charge in [0.2, 0.25) is 5.91 Å². The molecule has 0 aromatic heterocycles. The molecule has 3 aromatic carbocycles. The molecule has 1 aliphatic heterocycles. The van der Waals surface area contributed by atoms with Gasteiger partial charge in [0.15, 0.2) is 0 Å². The standard InChI is InChI=1S/C26H24N2O4/c29-24(27-22(26(31)32)15-18-9-3-1-4-10-18)23(16-19-11-5-2-6-12-19)28-17-20-13-7-8-14-21(20)25(28)30/h1-14,22-23H,15-17H2,(H,27,29)(H,31,32)/t22-,23-/m0/s1. The van der Waals surface area contributed by atoms with Gasteiger partial charge in [-0.3, -0.25) is 9.59 Å². The number of rotatable bonds is 8. The molecule has 2 amide bonds. The number of fused-ring (bicyclic) bond motifs is 1. The van der Waals surface area contributed by atoms with Gasteiger partial charge in [0.05, 0.1) is 0 Å². The lowest BCUT2D eigenvalue weighted by molar-refractivity contribution is -0.142. The maximum Gasteiger partial charge on any atom is 0.326 e. The van der Waals surface area contributed by atoms with Crippen molar-refractivity contribution >= 4 is 17.8 Å². The Kier molecular flexibility index (Phi) is 6.31. The van der Waals surface area contributed by atoms with Crippen molar-refractivity contribution in [3.63, 3.8) is 0 Å². The number of carbonyl (C=O) groups excluding carboxylic acids is 2. The average Bonchev–Trinajstić information content (AvgIpc) is 3.14. The van der Waals surface area contributed by atoms with Crippen molar-refractivity contribution in [2.24, 2.45) is 0 Å². The van der Waals surface area contributed by atoms with Gasteiger partial charge in [0.25, 0.3) is 5.91 Å². The highest BCUT2D eigenvalue weighted by Crippen LogP contribution is 2.26. The van der Waals surface area contributed by atoms with Gasteiger partial charge in [-0.15, -0.1) is 0 Å². The lowest BCUT2D eigenvalue weighted by Crippen LogP contribution is -2.53. The van der Waals surface area contributed by atoms with E-state index in [0.29, 0.717) is 18.5 Å². The van der Waals surface area contributed by atoms with E-state index >= 15 is 0 Å². The van der Waals surface area contributed by atoms with Crippen LogP contribution in [0.3, 0.4) is 0 Å². The molecule has 2 atom stereocenters. The molecule has 6 nitrogen and oxygen atoms in total. The van der Waals surface area contributed by atoms with Crippen LogP contribution in [0.4, 0.5) is 0 Å². The van der Waals surface area contributed by atoms with Crippen molar-refractivity contribution in [2.45, 2.75) is 31.5 Å². The van der Waals surface area contributed by atoms with Crippen molar-refractivity contribution in [1.82, 2.24) is 10.2 Å². The number of hydrogen-bond acceptors (Lipinski definition) is 3. The Morgan fingerprint density at radius 2 is 1.41 bits per heavy atom. The second kappa shape index (κ2) is 9.47. The Labute approximate surface area is 186 Å². The fraction of sp³-hybridized carbons (Fsp3) is 0.192. The van der Waals surface area contributed by atoms with E-state index < -0.39 is 24.0 Å². The van der Waals surface area contributed by atoms with Crippen LogP contribution in [0.2, 0.25) is 0 Å². The number of benzene rings is 3. The molecule has 32 heavy (non-hydrogen) atoms. The van der Waals surface area contributed by atoms with Crippen LogP contribution in [0, 0.1) is 0 Å². The zero-order valence-electron chi connectivity index (χ0n) is 17.5. The lowest BCUT2D eigenvalue weighted by Gasteiger charge is -2.28. The topological polar surface area (TPSA) is 86.7 Å². The first-order valence-corrected chi connectivity index (χ1v) is 10.5. The average molecular weight is 428 g/mol. The summed E-state index contributed by atoms with van der Waals surface area (Å²) in [4.78, 5) is 39.9. The third kappa shape index (κ3) is 4.70. The summed E-state index contributed by atoms with van der Waals surface area (Å²) in [5, 5.41) is 12.4. The molecule has 3 aromatic rings. The smallest absolute Gasteiger partial charge is 0.326 e. The number of nitrogens with one attached hydrogen (secondary N) is 1. The van der Waals surface area contributed by atoms with E-state index in [1.165, 1.54) is 4.90 Å². The van der Waals surface area contributed by atoms with Gasteiger partial charge in [0, 0.05) is 24.9 Å². The molecule has 0 bridgehead atoms. The zero-order valence-corrected chi connectivity index (χ0v) is 17.5. The Hall–Kier alpha value is -3.93. The molecule has 6 heteroatoms. The van der Waals surface area contributed by atoms with Crippen molar-refractivity contribution in [3.05, 3.63) is 107 Å². The lowest BCUT2D eigenvalue weighted by atomic mass is 10.0. The van der Waals surface area contributed by atoms with E-state index in [0.717, 1.165) is 16.7 Å². The summed E-state index contributed by atoms with van der Waals surface area (Å²) >= 11 is 0. The van der Waals surface area contributed by atoms with Gasteiger partial charge < -0.3 is 15.3 Å². The fourth-order valence-electron chi connectivity index (χ4n) is 4.03. The molecule has 0 saturated heterocycles. The minimum absolute atomic E-state index is 0.161. The highest BCUT2D eigenvalue weighted by Gasteiger charge is 2.37. The van der Waals surface area contributed by atoms with Crippen LogP contribution in [-0.4, -0.2) is 39.9 Å². The predicted molar refractivity (Wildman–Crippen MR) is 120 cm³/mol. The van der Waals surface area contributed by atoms with E-state index in [1.807, 2.05) is 72.8 Å². The first-order valence-electron chi connectivity index (χ1n) is 10.5. The van der Waals surface area contributed by atoms with Crippen molar-refractivity contribution < 1.29 is 19.5 Å². The number of amides is 2. The van der Waals surface area contributed by atoms with E-state index in [4.69, 9.17) is 0 Å². The second-order valence-electron chi connectivity index (χ2n) is 7.88. The first kappa shape index (κ1) is 21.3. The molecule has 1 heterocycles. The molecular formula is C26H24N2O4. The second-order valence-corrected chi connectivity index (χ2v) is 7.88. The molecule has 0 saturated carbocycles. The minimum Gasteiger partial charge on any atom is -0.480 e. The molecule has 2 N–H and O–H groups in total. The van der Waals surface area contributed by atoms with Crippen LogP contribution in [0.1, 0.15) is 27.0 Å². The number of nitrogens with zero attached hydrogens (tertiary/aromatic N) is 1. The fourth-order valence-corrected chi connectivity index (χ4v) is 4.03. The van der Waals surface area contributed by atoms with Gasteiger partial charge in [-0.05, 0) is 22.8 Å². The highest BCUT2D eigenvalue weighted by atomic mass is 16.4. The van der Waals surface area contributed by atoms with E-state index in [1.54, 1.807) is 12.1 Å². The first-order chi connectivity index (χ1) is 15.5. The predicted octanol–water partition coefficient (Wildman–Crippen LogP) is 3.07. The summed E-state index contributed by atoms with van der Waals surface area (Å²) < 4.78 is 0. The van der Waals surface area contributed by atoms with E-state index in [2.05, 4.69) is 5.32 Å². The maximum absolute atomic E-state index is 13.4. The molecule has 0 aliphatic carbocycles. The monoisotopic (exact) mass is 428 g/mol. The summed E-state index contributed by atoms with van der Waals surface area (Å²) in [5.41, 5.74) is 3.15. The number of hydrogen-bond donors (Lipinski definition) is 2. The van der Waals surface area contributed by atoms with Crippen molar-refractivity contribution in [1.29, 1.82) is 0 Å². The SMILES string of the molecule is O=C(O)[C@H](Cc1ccccc1)NC(=O)[C@H](Cc1ccccc1)N1Cc2ccccc2C1=O. The summed E-state index contributed by atoms with van der Waals surface area (Å²) in [7, 11) is 0. The molecule has 0 radical (unpaired) electrons. The molecule has 0 spiro atoms. The number of aliphatic carboxylic acids is 1. The summed E-state index contributed by atoms with van der Waals surface area (Å²) in [5.74, 6) is -1.80. The van der Waals surface area contributed by atoms with E-state index in [-0.39, 0.29) is 12.3 Å². The third-order valence-corrected chi connectivity index (χ3v) is 5.70. The Morgan fingerprint density at radius 1 is 0.844 bits per heavy atom. The molecule has 162 valence electrons. The molecule has 0 fully saturated rings. The van der Waals surface area contributed by atoms with Crippen molar-refractivity contribution in [2.75, 3.05) is 0 Å². The van der Waals surface area contributed by atoms with E-state index in [9.17, 15) is 19.5 Å². The van der Waals surface area contributed by atoms with Crippen LogP contribution in [0.15, 0.2) is 84.9 Å². The van der Waals surface area contributed by atoms with Gasteiger partial charge in [0.1, 0.15) is 12.1 Å². The Balaban J connectivity index is 1.58. The van der Waals surface area contributed by atoms with Crippen LogP contribution >= 0.6 is 0 Å². The number of carboxylic acids is 1. The molecular weight excluding hydrogens is 404 g/mol. The largest absolute Gasteiger partial charge is 0.480 e. The van der Waals surface area contributed by atoms with Gasteiger partial charge in [-0.25, -0.2) is 4.79 Å². The van der Waals surface area contributed by atoms with Crippen LogP contribution in [-0.2, 0) is 29.0 Å². The van der Waals surface area contributed by atoms with Gasteiger partial charge >= 0.3 is 5.97 Å². The van der Waals surface area contributed by atoms with Gasteiger partial charge in [-0.1, -0.05) is 78.9 Å². The van der Waals surface area contributed by atoms with Gasteiger partial charge in [-0.2, -0.15) is 0 Å².